The molecule has 19 heavy (non-hydrogen) atoms. The smallest absolute Gasteiger partial charge is 0.133 e. The van der Waals surface area contributed by atoms with Crippen molar-refractivity contribution in [1.29, 1.82) is 0 Å². The molecule has 0 radical (unpaired) electrons. The van der Waals surface area contributed by atoms with Crippen LogP contribution in [0.1, 0.15) is 19.4 Å². The van der Waals surface area contributed by atoms with Crippen molar-refractivity contribution in [3.8, 4) is 0 Å². The molecule has 0 aliphatic heterocycles. The van der Waals surface area contributed by atoms with Crippen LogP contribution in [0, 0.1) is 6.92 Å². The van der Waals surface area contributed by atoms with Gasteiger partial charge in [-0.3, -0.25) is 0 Å². The number of aromatic nitrogens is 1. The van der Waals surface area contributed by atoms with Crippen LogP contribution >= 0.6 is 27.7 Å². The van der Waals surface area contributed by atoms with Gasteiger partial charge in [0.15, 0.2) is 0 Å². The summed E-state index contributed by atoms with van der Waals surface area (Å²) in [7, 11) is 0. The van der Waals surface area contributed by atoms with Gasteiger partial charge in [-0.2, -0.15) is 0 Å². The molecule has 0 spiro atoms. The highest BCUT2D eigenvalue weighted by atomic mass is 79.9. The Balaban J connectivity index is 2.10. The van der Waals surface area contributed by atoms with E-state index in [0.717, 1.165) is 21.5 Å². The van der Waals surface area contributed by atoms with Crippen LogP contribution in [-0.4, -0.2) is 10.2 Å². The van der Waals surface area contributed by atoms with Crippen molar-refractivity contribution < 1.29 is 0 Å². The molecule has 1 aromatic carbocycles. The number of anilines is 2. The molecule has 0 aliphatic rings. The van der Waals surface area contributed by atoms with Gasteiger partial charge < -0.3 is 5.32 Å². The molecular formula is C15H17BrN2S. The minimum absolute atomic E-state index is 0.606. The lowest BCUT2D eigenvalue weighted by molar-refractivity contribution is 1.11. The molecule has 2 rings (SSSR count). The summed E-state index contributed by atoms with van der Waals surface area (Å²) >= 11 is 5.29. The van der Waals surface area contributed by atoms with E-state index in [0.29, 0.717) is 5.25 Å². The highest BCUT2D eigenvalue weighted by Gasteiger charge is 2.02. The Kier molecular flexibility index (Phi) is 4.88. The number of thioether (sulfide) groups is 1. The summed E-state index contributed by atoms with van der Waals surface area (Å²) in [5.74, 6) is 0.896. The third kappa shape index (κ3) is 4.25. The zero-order chi connectivity index (χ0) is 13.8. The van der Waals surface area contributed by atoms with Gasteiger partial charge in [0, 0.05) is 26.5 Å². The fourth-order valence-corrected chi connectivity index (χ4v) is 2.98. The molecule has 1 heterocycles. The summed E-state index contributed by atoms with van der Waals surface area (Å²) in [6.45, 7) is 6.45. The van der Waals surface area contributed by atoms with Crippen molar-refractivity contribution in [2.45, 2.75) is 30.9 Å². The number of pyridine rings is 1. The predicted octanol–water partition coefficient (Wildman–Crippen LogP) is 5.40. The fraction of sp³-hybridized carbons (Fsp3) is 0.267. The van der Waals surface area contributed by atoms with Crippen molar-refractivity contribution in [3.63, 3.8) is 0 Å². The predicted molar refractivity (Wildman–Crippen MR) is 87.4 cm³/mol. The first-order valence-corrected chi connectivity index (χ1v) is 7.88. The molecule has 4 heteroatoms. The van der Waals surface area contributed by atoms with Crippen LogP contribution in [0.5, 0.6) is 0 Å². The van der Waals surface area contributed by atoms with Gasteiger partial charge in [-0.05, 0) is 58.7 Å². The molecule has 1 N–H and O–H groups in total. The van der Waals surface area contributed by atoms with Crippen molar-refractivity contribution >= 4 is 39.2 Å². The molecule has 2 nitrogen and oxygen atoms in total. The van der Waals surface area contributed by atoms with Gasteiger partial charge in [-0.15, -0.1) is 11.8 Å². The van der Waals surface area contributed by atoms with Crippen LogP contribution in [0.2, 0.25) is 0 Å². The lowest BCUT2D eigenvalue weighted by Crippen LogP contribution is -1.96. The molecule has 2 aromatic rings. The number of nitrogens with zero attached hydrogens (tertiary/aromatic N) is 1. The van der Waals surface area contributed by atoms with Crippen molar-refractivity contribution in [1.82, 2.24) is 4.98 Å². The number of hydrogen-bond donors (Lipinski definition) is 1. The Hall–Kier alpha value is -1.00. The molecule has 0 saturated carbocycles. The highest BCUT2D eigenvalue weighted by Crippen LogP contribution is 2.26. The summed E-state index contributed by atoms with van der Waals surface area (Å²) in [4.78, 5) is 5.67. The molecule has 0 amide bonds. The van der Waals surface area contributed by atoms with E-state index in [4.69, 9.17) is 0 Å². The number of rotatable bonds is 4. The van der Waals surface area contributed by atoms with Crippen LogP contribution in [0.3, 0.4) is 0 Å². The van der Waals surface area contributed by atoms with Crippen LogP contribution in [0.4, 0.5) is 11.5 Å². The van der Waals surface area contributed by atoms with E-state index in [9.17, 15) is 0 Å². The maximum atomic E-state index is 4.38. The SMILES string of the molecule is Cc1cc(Br)cnc1Nc1ccc(SC(C)C)cc1. The Bertz CT molecular complexity index is 553. The largest absolute Gasteiger partial charge is 0.340 e. The minimum Gasteiger partial charge on any atom is -0.340 e. The van der Waals surface area contributed by atoms with Gasteiger partial charge in [-0.1, -0.05) is 13.8 Å². The maximum absolute atomic E-state index is 4.38. The van der Waals surface area contributed by atoms with Crippen LogP contribution < -0.4 is 5.32 Å². The number of nitrogens with one attached hydrogen (secondary N) is 1. The molecule has 1 aromatic heterocycles. The number of benzene rings is 1. The lowest BCUT2D eigenvalue weighted by atomic mass is 10.2. The van der Waals surface area contributed by atoms with E-state index in [1.807, 2.05) is 18.7 Å². The number of aryl methyl sites for hydroxylation is 1. The number of hydrogen-bond acceptors (Lipinski definition) is 3. The Morgan fingerprint density at radius 2 is 1.89 bits per heavy atom. The zero-order valence-corrected chi connectivity index (χ0v) is 13.7. The number of halogens is 1. The molecule has 0 bridgehead atoms. The van der Waals surface area contributed by atoms with E-state index >= 15 is 0 Å². The third-order valence-electron chi connectivity index (χ3n) is 2.53. The summed E-state index contributed by atoms with van der Waals surface area (Å²) in [6.07, 6.45) is 1.80. The Morgan fingerprint density at radius 3 is 2.47 bits per heavy atom. The molecule has 0 atom stereocenters. The lowest BCUT2D eigenvalue weighted by Gasteiger charge is -2.10. The van der Waals surface area contributed by atoms with Crippen LogP contribution in [0.15, 0.2) is 45.9 Å². The monoisotopic (exact) mass is 336 g/mol. The molecule has 0 saturated heterocycles. The quantitative estimate of drug-likeness (QED) is 0.757. The Labute approximate surface area is 127 Å². The minimum atomic E-state index is 0.606. The van der Waals surface area contributed by atoms with E-state index in [-0.39, 0.29) is 0 Å². The van der Waals surface area contributed by atoms with E-state index in [1.54, 1.807) is 6.20 Å². The van der Waals surface area contributed by atoms with E-state index < -0.39 is 0 Å². The topological polar surface area (TPSA) is 24.9 Å². The summed E-state index contributed by atoms with van der Waals surface area (Å²) < 4.78 is 0.999. The summed E-state index contributed by atoms with van der Waals surface area (Å²) in [5.41, 5.74) is 2.18. The molecule has 0 aliphatic carbocycles. The van der Waals surface area contributed by atoms with Gasteiger partial charge in [-0.25, -0.2) is 4.98 Å². The molecule has 0 unspecified atom stereocenters. The van der Waals surface area contributed by atoms with Gasteiger partial charge in [0.25, 0.3) is 0 Å². The Morgan fingerprint density at radius 1 is 1.21 bits per heavy atom. The average Bonchev–Trinajstić information content (AvgIpc) is 2.34. The standard InChI is InChI=1S/C15H17BrN2S/c1-10(2)19-14-6-4-13(5-7-14)18-15-11(3)8-12(16)9-17-15/h4-10H,1-3H3,(H,17,18). The van der Waals surface area contributed by atoms with Crippen LogP contribution in [-0.2, 0) is 0 Å². The first-order valence-electron chi connectivity index (χ1n) is 6.20. The average molecular weight is 337 g/mol. The van der Waals surface area contributed by atoms with Gasteiger partial charge in [0.2, 0.25) is 0 Å². The van der Waals surface area contributed by atoms with E-state index in [1.165, 1.54) is 4.90 Å². The summed E-state index contributed by atoms with van der Waals surface area (Å²) in [6, 6.07) is 10.5. The molecular weight excluding hydrogens is 320 g/mol. The third-order valence-corrected chi connectivity index (χ3v) is 3.98. The molecule has 0 fully saturated rings. The second kappa shape index (κ2) is 6.44. The van der Waals surface area contributed by atoms with E-state index in [2.05, 4.69) is 70.4 Å². The van der Waals surface area contributed by atoms with Crippen LogP contribution in [0.25, 0.3) is 0 Å². The van der Waals surface area contributed by atoms with Gasteiger partial charge in [0.1, 0.15) is 5.82 Å². The van der Waals surface area contributed by atoms with Crippen molar-refractivity contribution in [3.05, 3.63) is 46.6 Å². The first kappa shape index (κ1) is 14.4. The maximum Gasteiger partial charge on any atom is 0.133 e. The molecule has 100 valence electrons. The fourth-order valence-electron chi connectivity index (χ4n) is 1.70. The van der Waals surface area contributed by atoms with Gasteiger partial charge >= 0.3 is 0 Å². The summed E-state index contributed by atoms with van der Waals surface area (Å²) in [5, 5.41) is 3.94. The van der Waals surface area contributed by atoms with Gasteiger partial charge in [0.05, 0.1) is 0 Å². The second-order valence-electron chi connectivity index (χ2n) is 4.64. The zero-order valence-electron chi connectivity index (χ0n) is 11.3. The van der Waals surface area contributed by atoms with Crippen molar-refractivity contribution in [2.24, 2.45) is 0 Å². The normalized spacial score (nSPS) is 10.8. The first-order chi connectivity index (χ1) is 9.04. The van der Waals surface area contributed by atoms with Crippen molar-refractivity contribution in [2.75, 3.05) is 5.32 Å². The highest BCUT2D eigenvalue weighted by molar-refractivity contribution is 9.10. The second-order valence-corrected chi connectivity index (χ2v) is 7.20.